The van der Waals surface area contributed by atoms with Crippen LogP contribution in [0, 0.1) is 11.8 Å². The van der Waals surface area contributed by atoms with Gasteiger partial charge in [-0.25, -0.2) is 4.68 Å². The maximum atomic E-state index is 12.0. The maximum absolute atomic E-state index is 12.0. The molecule has 12 nitrogen and oxygen atoms in total. The molecule has 2 atom stereocenters. The van der Waals surface area contributed by atoms with E-state index < -0.39 is 0 Å². The average Bonchev–Trinajstić information content (AvgIpc) is 3.55. The van der Waals surface area contributed by atoms with E-state index in [1.165, 1.54) is 4.90 Å². The van der Waals surface area contributed by atoms with E-state index in [1.807, 2.05) is 4.90 Å². The summed E-state index contributed by atoms with van der Waals surface area (Å²) in [7, 11) is 0. The normalized spacial score (nSPS) is 20.2. The molecule has 0 spiro atoms. The van der Waals surface area contributed by atoms with E-state index in [2.05, 4.69) is 17.2 Å². The summed E-state index contributed by atoms with van der Waals surface area (Å²) in [5, 5.41) is 8.04. The summed E-state index contributed by atoms with van der Waals surface area (Å²) in [4.78, 5) is 39.0. The lowest BCUT2D eigenvalue weighted by atomic mass is 10.1. The Morgan fingerprint density at radius 3 is 2.19 bits per heavy atom. The van der Waals surface area contributed by atoms with Crippen molar-refractivity contribution in [3.8, 4) is 0 Å². The van der Waals surface area contributed by atoms with E-state index in [0.29, 0.717) is 77.4 Å². The van der Waals surface area contributed by atoms with Crippen LogP contribution in [0.3, 0.4) is 0 Å². The first-order valence-corrected chi connectivity index (χ1v) is 12.8. The minimum absolute atomic E-state index is 0.155. The van der Waals surface area contributed by atoms with Gasteiger partial charge in [-0.2, -0.15) is 0 Å². The number of hydrogen-bond donors (Lipinski definition) is 0. The summed E-state index contributed by atoms with van der Waals surface area (Å²) in [5.74, 6) is 0.181. The second-order valence-electron chi connectivity index (χ2n) is 9.33. The molecular weight excluding hydrogens is 470 g/mol. The Morgan fingerprint density at radius 2 is 1.61 bits per heavy atom. The number of rotatable bonds is 17. The fraction of sp³-hybridized carbons (Fsp3) is 0.792. The average molecular weight is 510 g/mol. The van der Waals surface area contributed by atoms with Gasteiger partial charge in [-0.15, -0.1) is 5.10 Å². The Bertz CT molecular complexity index is 849. The summed E-state index contributed by atoms with van der Waals surface area (Å²) in [6.07, 6.45) is 3.49. The van der Waals surface area contributed by atoms with Gasteiger partial charge in [0.2, 0.25) is 17.7 Å². The van der Waals surface area contributed by atoms with Crippen LogP contribution < -0.4 is 0 Å². The number of carbonyl (C=O) groups is 3. The van der Waals surface area contributed by atoms with Gasteiger partial charge in [-0.05, 0) is 12.3 Å². The predicted molar refractivity (Wildman–Crippen MR) is 128 cm³/mol. The minimum Gasteiger partial charge on any atom is -0.379 e. The molecule has 2 aliphatic rings. The van der Waals surface area contributed by atoms with Crippen molar-refractivity contribution in [3.05, 3.63) is 11.9 Å². The van der Waals surface area contributed by atoms with Crippen molar-refractivity contribution < 1.29 is 33.3 Å². The Kier molecular flexibility index (Phi) is 11.7. The van der Waals surface area contributed by atoms with Gasteiger partial charge in [-0.1, -0.05) is 19.1 Å². The Hall–Kier alpha value is -2.41. The third kappa shape index (κ3) is 9.23. The highest BCUT2D eigenvalue weighted by Gasteiger charge is 2.35. The van der Waals surface area contributed by atoms with Crippen LogP contribution in [0.25, 0.3) is 0 Å². The summed E-state index contributed by atoms with van der Waals surface area (Å²) < 4.78 is 23.6. The topological polar surface area (TPSA) is 125 Å². The van der Waals surface area contributed by atoms with Gasteiger partial charge in [0, 0.05) is 25.4 Å². The first kappa shape index (κ1) is 28.2. The number of likely N-dealkylation sites (tertiary alicyclic amines) is 2. The highest BCUT2D eigenvalue weighted by molar-refractivity contribution is 6.03. The number of nitrogens with zero attached hydrogens (tertiary/aromatic N) is 5. The van der Waals surface area contributed by atoms with Crippen molar-refractivity contribution in [1.29, 1.82) is 0 Å². The number of ether oxygens (including phenoxy) is 4. The zero-order valence-corrected chi connectivity index (χ0v) is 21.4. The zero-order valence-electron chi connectivity index (χ0n) is 21.4. The van der Waals surface area contributed by atoms with E-state index >= 15 is 0 Å². The van der Waals surface area contributed by atoms with Crippen LogP contribution >= 0.6 is 0 Å². The number of amides is 3. The first-order chi connectivity index (χ1) is 17.4. The highest BCUT2D eigenvalue weighted by Crippen LogP contribution is 2.20. The number of carbonyl (C=O) groups excluding carboxylic acids is 3. The molecule has 0 radical (unpaired) electrons. The summed E-state index contributed by atoms with van der Waals surface area (Å²) in [6.45, 7) is 9.95. The molecule has 1 unspecified atom stereocenters. The molecule has 3 rings (SSSR count). The summed E-state index contributed by atoms with van der Waals surface area (Å²) in [5.41, 5.74) is 0.574. The van der Waals surface area contributed by atoms with Gasteiger partial charge in [-0.3, -0.25) is 19.3 Å². The molecule has 2 aliphatic heterocycles. The molecule has 1 aromatic heterocycles. The first-order valence-electron chi connectivity index (χ1n) is 12.8. The molecule has 1 aromatic rings. The van der Waals surface area contributed by atoms with E-state index in [1.54, 1.807) is 17.8 Å². The third-order valence-corrected chi connectivity index (χ3v) is 6.19. The fourth-order valence-corrected chi connectivity index (χ4v) is 4.10. The SMILES string of the molecule is CC1CC(=O)N(Cc2cn(CCOCCOCCOCCOCCC(=O)N3CC[C@H](C)C3)nn2)C1=O. The van der Waals surface area contributed by atoms with Crippen LogP contribution in [0.15, 0.2) is 6.20 Å². The van der Waals surface area contributed by atoms with E-state index in [-0.39, 0.29) is 36.6 Å². The molecule has 3 heterocycles. The number of aromatic nitrogens is 3. The lowest BCUT2D eigenvalue weighted by Crippen LogP contribution is -2.29. The van der Waals surface area contributed by atoms with Gasteiger partial charge < -0.3 is 23.8 Å². The summed E-state index contributed by atoms with van der Waals surface area (Å²) in [6, 6.07) is 0. The molecule has 0 bridgehead atoms. The van der Waals surface area contributed by atoms with Gasteiger partial charge >= 0.3 is 0 Å². The second kappa shape index (κ2) is 15.0. The monoisotopic (exact) mass is 509 g/mol. The van der Waals surface area contributed by atoms with Crippen LogP contribution in [0.5, 0.6) is 0 Å². The second-order valence-corrected chi connectivity index (χ2v) is 9.33. The molecule has 36 heavy (non-hydrogen) atoms. The fourth-order valence-electron chi connectivity index (χ4n) is 4.10. The van der Waals surface area contributed by atoms with Crippen molar-refractivity contribution in [2.45, 2.75) is 46.2 Å². The smallest absolute Gasteiger partial charge is 0.232 e. The van der Waals surface area contributed by atoms with Crippen molar-refractivity contribution in [1.82, 2.24) is 24.8 Å². The van der Waals surface area contributed by atoms with Crippen LogP contribution in [0.4, 0.5) is 0 Å². The van der Waals surface area contributed by atoms with Gasteiger partial charge in [0.25, 0.3) is 0 Å². The molecule has 202 valence electrons. The van der Waals surface area contributed by atoms with Crippen molar-refractivity contribution in [2.24, 2.45) is 11.8 Å². The van der Waals surface area contributed by atoms with Crippen molar-refractivity contribution >= 4 is 17.7 Å². The predicted octanol–water partition coefficient (Wildman–Crippen LogP) is 0.498. The van der Waals surface area contributed by atoms with Crippen LogP contribution in [0.2, 0.25) is 0 Å². The van der Waals surface area contributed by atoms with Crippen LogP contribution in [0.1, 0.15) is 38.8 Å². The van der Waals surface area contributed by atoms with Crippen LogP contribution in [-0.4, -0.2) is 108 Å². The van der Waals surface area contributed by atoms with Crippen molar-refractivity contribution in [2.75, 3.05) is 65.9 Å². The Balaban J connectivity index is 1.09. The van der Waals surface area contributed by atoms with E-state index in [4.69, 9.17) is 18.9 Å². The quantitative estimate of drug-likeness (QED) is 0.218. The van der Waals surface area contributed by atoms with Gasteiger partial charge in [0.15, 0.2) is 0 Å². The van der Waals surface area contributed by atoms with Crippen LogP contribution in [-0.2, 0) is 46.4 Å². The molecule has 12 heteroatoms. The molecule has 0 aromatic carbocycles. The van der Waals surface area contributed by atoms with Gasteiger partial charge in [0.05, 0.1) is 78.6 Å². The largest absolute Gasteiger partial charge is 0.379 e. The third-order valence-electron chi connectivity index (χ3n) is 6.19. The molecule has 2 saturated heterocycles. The molecule has 0 N–H and O–H groups in total. The molecule has 2 fully saturated rings. The zero-order chi connectivity index (χ0) is 25.8. The molecule has 3 amide bonds. The van der Waals surface area contributed by atoms with E-state index in [9.17, 15) is 14.4 Å². The van der Waals surface area contributed by atoms with Gasteiger partial charge in [0.1, 0.15) is 5.69 Å². The summed E-state index contributed by atoms with van der Waals surface area (Å²) >= 11 is 0. The Morgan fingerprint density at radius 1 is 0.972 bits per heavy atom. The van der Waals surface area contributed by atoms with Crippen molar-refractivity contribution in [3.63, 3.8) is 0 Å². The number of imide groups is 1. The lowest BCUT2D eigenvalue weighted by Gasteiger charge is -2.15. The standard InChI is InChI=1S/C24H39N5O7/c1-19-3-5-27(16-19)22(30)4-7-33-9-11-35-13-14-36-12-10-34-8-6-28-17-21(25-26-28)18-29-23(31)15-20(2)24(29)32/h17,19-20H,3-16,18H2,1-2H3/t19-,20?/m0/s1. The lowest BCUT2D eigenvalue weighted by molar-refractivity contribution is -0.140. The van der Waals surface area contributed by atoms with E-state index in [0.717, 1.165) is 19.5 Å². The number of hydrogen-bond acceptors (Lipinski definition) is 9. The highest BCUT2D eigenvalue weighted by atomic mass is 16.6. The minimum atomic E-state index is -0.264. The molecular formula is C24H39N5O7. The Labute approximate surface area is 212 Å². The molecule has 0 aliphatic carbocycles. The molecule has 0 saturated carbocycles. The maximum Gasteiger partial charge on any atom is 0.232 e.